The molecule has 1 aromatic rings. The Balaban J connectivity index is 0. The van der Waals surface area contributed by atoms with Crippen LogP contribution in [-0.2, 0) is 4.79 Å². The minimum atomic E-state index is 0.560. The molecule has 1 heterocycles. The fraction of sp³-hybridized carbons (Fsp3) is 0.538. The second-order valence-electron chi connectivity index (χ2n) is 4.01. The minimum Gasteiger partial charge on any atom is -0.372 e. The molecule has 104 valence electrons. The molecule has 0 saturated heterocycles. The predicted octanol–water partition coefficient (Wildman–Crippen LogP) is 2.34. The van der Waals surface area contributed by atoms with Gasteiger partial charge in [-0.2, -0.15) is 5.10 Å². The Hall–Kier alpha value is -1.78. The van der Waals surface area contributed by atoms with Crippen LogP contribution in [0, 0.1) is 12.8 Å². The van der Waals surface area contributed by atoms with Gasteiger partial charge in [0.2, 0.25) is 6.41 Å². The SMILES string of the molecule is C=CC.CC(C)CNC=O.CNc1cc(C)[nH]n1. The van der Waals surface area contributed by atoms with Crippen molar-refractivity contribution in [1.29, 1.82) is 0 Å². The van der Waals surface area contributed by atoms with Crippen LogP contribution >= 0.6 is 0 Å². The average molecular weight is 254 g/mol. The van der Waals surface area contributed by atoms with Gasteiger partial charge in [0.25, 0.3) is 0 Å². The number of aryl methyl sites for hydroxylation is 1. The molecule has 0 aromatic carbocycles. The molecule has 0 spiro atoms. The first-order chi connectivity index (χ1) is 8.51. The molecule has 0 radical (unpaired) electrons. The minimum absolute atomic E-state index is 0.560. The van der Waals surface area contributed by atoms with E-state index in [1.807, 2.05) is 27.0 Å². The standard InChI is InChI=1S/C5H9N3.C5H11NO.C3H6/c1-4-3-5(6-2)8-7-4;1-5(2)3-6-4-7;1-3-2/h3H,1-2H3,(H2,6,7,8);4-5H,3H2,1-2H3,(H,6,7);3H,1H2,2H3. The van der Waals surface area contributed by atoms with E-state index in [1.165, 1.54) is 0 Å². The molecule has 5 heteroatoms. The number of rotatable bonds is 4. The summed E-state index contributed by atoms with van der Waals surface area (Å²) in [6.45, 7) is 12.1. The van der Waals surface area contributed by atoms with E-state index in [9.17, 15) is 4.79 Å². The maximum Gasteiger partial charge on any atom is 0.207 e. The maximum atomic E-state index is 9.60. The summed E-state index contributed by atoms with van der Waals surface area (Å²) in [7, 11) is 1.84. The molecule has 0 saturated carbocycles. The van der Waals surface area contributed by atoms with Crippen molar-refractivity contribution >= 4 is 12.2 Å². The smallest absolute Gasteiger partial charge is 0.207 e. The van der Waals surface area contributed by atoms with Crippen molar-refractivity contribution in [2.45, 2.75) is 27.7 Å². The Morgan fingerprint density at radius 1 is 1.56 bits per heavy atom. The highest BCUT2D eigenvalue weighted by Crippen LogP contribution is 2.00. The quantitative estimate of drug-likeness (QED) is 0.570. The molecule has 0 aliphatic carbocycles. The summed E-state index contributed by atoms with van der Waals surface area (Å²) in [6.07, 6.45) is 2.47. The maximum absolute atomic E-state index is 9.60. The van der Waals surface area contributed by atoms with E-state index in [0.29, 0.717) is 5.92 Å². The van der Waals surface area contributed by atoms with Gasteiger partial charge in [0, 0.05) is 25.4 Å². The number of aromatic amines is 1. The number of amides is 1. The van der Waals surface area contributed by atoms with Gasteiger partial charge in [-0.25, -0.2) is 0 Å². The highest BCUT2D eigenvalue weighted by atomic mass is 16.1. The fourth-order valence-corrected chi connectivity index (χ4v) is 0.830. The van der Waals surface area contributed by atoms with Gasteiger partial charge in [-0.15, -0.1) is 6.58 Å². The topological polar surface area (TPSA) is 69.8 Å². The Kier molecular flexibility index (Phi) is 13.7. The van der Waals surface area contributed by atoms with Crippen molar-refractivity contribution in [3.05, 3.63) is 24.4 Å². The summed E-state index contributed by atoms with van der Waals surface area (Å²) in [4.78, 5) is 9.60. The first kappa shape index (κ1) is 18.6. The molecule has 1 aromatic heterocycles. The number of allylic oxidation sites excluding steroid dienone is 1. The van der Waals surface area contributed by atoms with Crippen LogP contribution in [0.2, 0.25) is 0 Å². The van der Waals surface area contributed by atoms with Crippen LogP contribution in [-0.4, -0.2) is 30.2 Å². The summed E-state index contributed by atoms with van der Waals surface area (Å²) < 4.78 is 0. The first-order valence-electron chi connectivity index (χ1n) is 5.95. The molecular weight excluding hydrogens is 228 g/mol. The van der Waals surface area contributed by atoms with E-state index in [0.717, 1.165) is 24.5 Å². The monoisotopic (exact) mass is 254 g/mol. The third kappa shape index (κ3) is 14.2. The van der Waals surface area contributed by atoms with Gasteiger partial charge >= 0.3 is 0 Å². The summed E-state index contributed by atoms with van der Waals surface area (Å²) in [5.74, 6) is 1.45. The van der Waals surface area contributed by atoms with Gasteiger partial charge < -0.3 is 10.6 Å². The number of carbonyl (C=O) groups is 1. The molecule has 0 unspecified atom stereocenters. The molecule has 0 aliphatic rings. The summed E-state index contributed by atoms with van der Waals surface area (Å²) in [5, 5.41) is 12.2. The third-order valence-electron chi connectivity index (χ3n) is 1.57. The van der Waals surface area contributed by atoms with Crippen LogP contribution in [0.25, 0.3) is 0 Å². The van der Waals surface area contributed by atoms with Gasteiger partial charge in [-0.05, 0) is 19.8 Å². The third-order valence-corrected chi connectivity index (χ3v) is 1.57. The molecule has 3 N–H and O–H groups in total. The molecule has 1 rings (SSSR count). The molecule has 0 bridgehead atoms. The van der Waals surface area contributed by atoms with Crippen molar-refractivity contribution in [1.82, 2.24) is 15.5 Å². The first-order valence-corrected chi connectivity index (χ1v) is 5.95. The molecule has 1 amide bonds. The Morgan fingerprint density at radius 3 is 2.28 bits per heavy atom. The van der Waals surface area contributed by atoms with Crippen LogP contribution in [0.4, 0.5) is 5.82 Å². The number of nitrogens with zero attached hydrogens (tertiary/aromatic N) is 1. The van der Waals surface area contributed by atoms with E-state index in [2.05, 4.69) is 41.3 Å². The molecular formula is C13H26N4O. The van der Waals surface area contributed by atoms with Gasteiger partial charge in [0.15, 0.2) is 0 Å². The lowest BCUT2D eigenvalue weighted by Crippen LogP contribution is -2.16. The zero-order chi connectivity index (χ0) is 14.4. The van der Waals surface area contributed by atoms with Crippen LogP contribution in [0.5, 0.6) is 0 Å². The molecule has 0 atom stereocenters. The van der Waals surface area contributed by atoms with Crippen molar-refractivity contribution in [3.8, 4) is 0 Å². The van der Waals surface area contributed by atoms with Crippen LogP contribution in [0.3, 0.4) is 0 Å². The van der Waals surface area contributed by atoms with E-state index in [-0.39, 0.29) is 0 Å². The van der Waals surface area contributed by atoms with Gasteiger partial charge in [-0.3, -0.25) is 9.89 Å². The lowest BCUT2D eigenvalue weighted by atomic mass is 10.2. The van der Waals surface area contributed by atoms with Crippen molar-refractivity contribution in [2.75, 3.05) is 18.9 Å². The highest BCUT2D eigenvalue weighted by molar-refractivity contribution is 5.45. The Morgan fingerprint density at radius 2 is 2.11 bits per heavy atom. The summed E-state index contributed by atoms with van der Waals surface area (Å²) >= 11 is 0. The number of hydrogen-bond acceptors (Lipinski definition) is 3. The number of carbonyl (C=O) groups excluding carboxylic acids is 1. The van der Waals surface area contributed by atoms with Crippen molar-refractivity contribution in [3.63, 3.8) is 0 Å². The van der Waals surface area contributed by atoms with Crippen molar-refractivity contribution < 1.29 is 4.79 Å². The molecule has 0 fully saturated rings. The molecule has 0 aliphatic heterocycles. The van der Waals surface area contributed by atoms with Gasteiger partial charge in [-0.1, -0.05) is 19.9 Å². The average Bonchev–Trinajstić information content (AvgIpc) is 2.74. The molecule has 18 heavy (non-hydrogen) atoms. The second-order valence-corrected chi connectivity index (χ2v) is 4.01. The zero-order valence-corrected chi connectivity index (χ0v) is 12.1. The Labute approximate surface area is 110 Å². The van der Waals surface area contributed by atoms with E-state index >= 15 is 0 Å². The summed E-state index contributed by atoms with van der Waals surface area (Å²) in [5.41, 5.74) is 1.08. The highest BCUT2D eigenvalue weighted by Gasteiger charge is 1.89. The largest absolute Gasteiger partial charge is 0.372 e. The number of nitrogens with one attached hydrogen (secondary N) is 3. The van der Waals surface area contributed by atoms with E-state index in [4.69, 9.17) is 0 Å². The van der Waals surface area contributed by atoms with Crippen LogP contribution < -0.4 is 10.6 Å². The lowest BCUT2D eigenvalue weighted by molar-refractivity contribution is -0.109. The zero-order valence-electron chi connectivity index (χ0n) is 12.1. The van der Waals surface area contributed by atoms with Gasteiger partial charge in [0.1, 0.15) is 5.82 Å². The second kappa shape index (κ2) is 13.3. The lowest BCUT2D eigenvalue weighted by Gasteiger charge is -1.98. The van der Waals surface area contributed by atoms with Crippen LogP contribution in [0.1, 0.15) is 26.5 Å². The van der Waals surface area contributed by atoms with E-state index < -0.39 is 0 Å². The van der Waals surface area contributed by atoms with Crippen LogP contribution in [0.15, 0.2) is 18.7 Å². The Bertz CT molecular complexity index is 308. The number of hydrogen-bond donors (Lipinski definition) is 3. The number of aromatic nitrogens is 2. The fourth-order valence-electron chi connectivity index (χ4n) is 0.830. The number of anilines is 1. The van der Waals surface area contributed by atoms with Crippen molar-refractivity contribution in [2.24, 2.45) is 5.92 Å². The molecule has 5 nitrogen and oxygen atoms in total. The van der Waals surface area contributed by atoms with Gasteiger partial charge in [0.05, 0.1) is 0 Å². The number of H-pyrrole nitrogens is 1. The normalized spacial score (nSPS) is 8.33. The predicted molar refractivity (Wildman–Crippen MR) is 77.6 cm³/mol. The summed E-state index contributed by atoms with van der Waals surface area (Å²) in [6, 6.07) is 1.94. The van der Waals surface area contributed by atoms with E-state index in [1.54, 1.807) is 6.08 Å².